The fraction of sp³-hybridized carbons (Fsp3) is 0.571. The van der Waals surface area contributed by atoms with Gasteiger partial charge in [-0.1, -0.05) is 30.3 Å². The quantitative estimate of drug-likeness (QED) is 0.438. The van der Waals surface area contributed by atoms with Crippen molar-refractivity contribution in [3.05, 3.63) is 58.7 Å². The number of anilines is 1. The van der Waals surface area contributed by atoms with Crippen LogP contribution in [-0.2, 0) is 22.4 Å². The summed E-state index contributed by atoms with van der Waals surface area (Å²) < 4.78 is 5.54. The van der Waals surface area contributed by atoms with Crippen LogP contribution < -0.4 is 5.32 Å². The average Bonchev–Trinajstić information content (AvgIpc) is 3.24. The molecule has 248 valence electrons. The molecule has 3 saturated heterocycles. The van der Waals surface area contributed by atoms with Crippen LogP contribution >= 0.6 is 0 Å². The number of morpholine rings is 1. The predicted octanol–water partition coefficient (Wildman–Crippen LogP) is 4.09. The van der Waals surface area contributed by atoms with Crippen molar-refractivity contribution in [3.63, 3.8) is 0 Å². The van der Waals surface area contributed by atoms with Crippen molar-refractivity contribution < 1.29 is 29.3 Å². The predicted molar refractivity (Wildman–Crippen MR) is 174 cm³/mol. The number of nitrogens with zero attached hydrogens (tertiary/aromatic N) is 4. The highest BCUT2D eigenvalue weighted by molar-refractivity contribution is 5.91. The summed E-state index contributed by atoms with van der Waals surface area (Å²) in [6.45, 7) is 9.00. The fourth-order valence-corrected chi connectivity index (χ4v) is 8.05. The summed E-state index contributed by atoms with van der Waals surface area (Å²) in [6.07, 6.45) is 2.65. The number of hydrogen-bond acceptors (Lipinski definition) is 6. The van der Waals surface area contributed by atoms with Crippen molar-refractivity contribution in [2.45, 2.75) is 70.5 Å². The Morgan fingerprint density at radius 1 is 0.957 bits per heavy atom. The van der Waals surface area contributed by atoms with Gasteiger partial charge in [-0.15, -0.1) is 0 Å². The number of aryl methyl sites for hydroxylation is 2. The monoisotopic (exact) mass is 633 g/mol. The molecule has 4 aliphatic rings. The second-order valence-corrected chi connectivity index (χ2v) is 13.3. The molecule has 0 spiro atoms. The molecule has 4 aliphatic heterocycles. The van der Waals surface area contributed by atoms with Gasteiger partial charge in [-0.05, 0) is 80.7 Å². The zero-order valence-electron chi connectivity index (χ0n) is 27.0. The first-order valence-electron chi connectivity index (χ1n) is 16.7. The van der Waals surface area contributed by atoms with Crippen LogP contribution in [0.3, 0.4) is 0 Å². The third kappa shape index (κ3) is 6.80. The van der Waals surface area contributed by atoms with E-state index >= 15 is 0 Å². The maximum Gasteiger partial charge on any atom is 0.407 e. The van der Waals surface area contributed by atoms with Gasteiger partial charge in [0.05, 0.1) is 19.1 Å². The van der Waals surface area contributed by atoms with E-state index in [1.54, 1.807) is 0 Å². The smallest absolute Gasteiger partial charge is 0.407 e. The molecule has 3 fully saturated rings. The van der Waals surface area contributed by atoms with Gasteiger partial charge in [0.25, 0.3) is 0 Å². The van der Waals surface area contributed by atoms with Gasteiger partial charge in [0.15, 0.2) is 0 Å². The number of aromatic hydroxyl groups is 1. The van der Waals surface area contributed by atoms with Crippen LogP contribution in [0.5, 0.6) is 5.75 Å². The number of benzene rings is 2. The Balaban J connectivity index is 1.26. The number of carboxylic acid groups (broad SMARTS) is 1. The van der Waals surface area contributed by atoms with Gasteiger partial charge in [-0.2, -0.15) is 0 Å². The number of likely N-dealkylation sites (tertiary alicyclic amines) is 2. The van der Waals surface area contributed by atoms with E-state index in [1.807, 2.05) is 60.0 Å². The van der Waals surface area contributed by atoms with Crippen LogP contribution in [0.15, 0.2) is 36.4 Å². The Labute approximate surface area is 271 Å². The highest BCUT2D eigenvalue weighted by atomic mass is 16.5. The minimum Gasteiger partial charge on any atom is -0.507 e. The molecule has 0 radical (unpaired) electrons. The lowest BCUT2D eigenvalue weighted by atomic mass is 9.81. The number of carbonyl (C=O) groups excluding carboxylic acids is 2. The highest BCUT2D eigenvalue weighted by Gasteiger charge is 2.44. The molecule has 2 aromatic rings. The van der Waals surface area contributed by atoms with E-state index in [1.165, 1.54) is 4.90 Å². The number of fused-ring (bicyclic) bond motifs is 1. The van der Waals surface area contributed by atoms with Gasteiger partial charge < -0.3 is 35.0 Å². The van der Waals surface area contributed by atoms with Crippen LogP contribution in [-0.4, -0.2) is 118 Å². The Hall–Kier alpha value is -3.83. The Morgan fingerprint density at radius 3 is 2.33 bits per heavy atom. The molecule has 3 N–H and O–H groups in total. The number of amides is 4. The number of carbonyl (C=O) groups is 3. The van der Waals surface area contributed by atoms with E-state index in [9.17, 15) is 24.6 Å². The Kier molecular flexibility index (Phi) is 9.70. The zero-order chi connectivity index (χ0) is 32.4. The molecule has 0 aromatic heterocycles. The number of hydrogen-bond donors (Lipinski definition) is 3. The van der Waals surface area contributed by atoms with E-state index in [4.69, 9.17) is 4.74 Å². The van der Waals surface area contributed by atoms with Crippen molar-refractivity contribution in [3.8, 4) is 5.75 Å². The summed E-state index contributed by atoms with van der Waals surface area (Å²) in [4.78, 5) is 48.4. The third-order valence-corrected chi connectivity index (χ3v) is 10.6. The lowest BCUT2D eigenvalue weighted by Crippen LogP contribution is -2.59. The summed E-state index contributed by atoms with van der Waals surface area (Å²) in [5.74, 6) is -0.433. The van der Waals surface area contributed by atoms with Crippen molar-refractivity contribution in [2.75, 3.05) is 57.8 Å². The lowest BCUT2D eigenvalue weighted by Gasteiger charge is -2.46. The van der Waals surface area contributed by atoms with E-state index in [2.05, 4.69) is 10.2 Å². The van der Waals surface area contributed by atoms with Crippen molar-refractivity contribution in [2.24, 2.45) is 5.92 Å². The topological polar surface area (TPSA) is 126 Å². The molecular weight excluding hydrogens is 586 g/mol. The number of urea groups is 1. The highest BCUT2D eigenvalue weighted by Crippen LogP contribution is 2.34. The normalized spacial score (nSPS) is 23.8. The molecule has 2 aromatic carbocycles. The molecule has 6 rings (SSSR count). The molecular formula is C35H47N5O6. The second kappa shape index (κ2) is 13.9. The summed E-state index contributed by atoms with van der Waals surface area (Å²) in [7, 11) is 0. The van der Waals surface area contributed by atoms with Crippen LogP contribution in [0.4, 0.5) is 15.3 Å². The van der Waals surface area contributed by atoms with Gasteiger partial charge in [0, 0.05) is 63.1 Å². The second-order valence-electron chi connectivity index (χ2n) is 13.3. The van der Waals surface area contributed by atoms with Crippen LogP contribution in [0.25, 0.3) is 0 Å². The summed E-state index contributed by atoms with van der Waals surface area (Å²) >= 11 is 0. The molecule has 11 heteroatoms. The summed E-state index contributed by atoms with van der Waals surface area (Å²) in [5, 5.41) is 23.9. The van der Waals surface area contributed by atoms with Crippen LogP contribution in [0.1, 0.15) is 47.9 Å². The number of nitrogens with one attached hydrogen (secondary N) is 1. The first-order valence-corrected chi connectivity index (χ1v) is 16.7. The fourth-order valence-electron chi connectivity index (χ4n) is 8.05. The number of para-hydroxylation sites is 1. The maximum atomic E-state index is 14.6. The lowest BCUT2D eigenvalue weighted by molar-refractivity contribution is -0.140. The SMILES string of the molecule is Cc1cc(C[C@@H](C(=O)N2CCC(N3CCOCC3)CC2)C2CC(N3CCc4ccccc4NC3=O)CCN2C(=O)O)cc(C)c1O. The Morgan fingerprint density at radius 2 is 1.63 bits per heavy atom. The van der Waals surface area contributed by atoms with Gasteiger partial charge in [-0.3, -0.25) is 9.69 Å². The maximum absolute atomic E-state index is 14.6. The van der Waals surface area contributed by atoms with E-state index in [0.717, 1.165) is 67.1 Å². The molecule has 11 nitrogen and oxygen atoms in total. The first-order chi connectivity index (χ1) is 22.2. The van der Waals surface area contributed by atoms with Crippen molar-refractivity contribution in [1.82, 2.24) is 19.6 Å². The largest absolute Gasteiger partial charge is 0.507 e. The molecule has 0 bridgehead atoms. The number of phenols is 1. The first kappa shape index (κ1) is 32.1. The molecule has 0 aliphatic carbocycles. The number of phenolic OH excluding ortho intramolecular Hbond substituents is 1. The van der Waals surface area contributed by atoms with Gasteiger partial charge in [-0.25, -0.2) is 9.59 Å². The van der Waals surface area contributed by atoms with Gasteiger partial charge >= 0.3 is 12.1 Å². The van der Waals surface area contributed by atoms with E-state index in [0.29, 0.717) is 51.4 Å². The molecule has 46 heavy (non-hydrogen) atoms. The third-order valence-electron chi connectivity index (χ3n) is 10.6. The summed E-state index contributed by atoms with van der Waals surface area (Å²) in [5.41, 5.74) is 4.23. The molecule has 2 unspecified atom stereocenters. The number of ether oxygens (including phenoxy) is 1. The Bertz CT molecular complexity index is 1410. The van der Waals surface area contributed by atoms with Crippen LogP contribution in [0.2, 0.25) is 0 Å². The molecule has 4 amide bonds. The number of piperidine rings is 2. The minimum absolute atomic E-state index is 0.0339. The van der Waals surface area contributed by atoms with Gasteiger partial charge in [0.2, 0.25) is 5.91 Å². The standard InChI is InChI=1S/C35H47N5O6/c1-23-19-25(20-24(2)32(23)41)21-29(33(42)38-11-8-27(9-12-38)37-15-17-46-18-16-37)31-22-28(10-14-40(31)35(44)45)39-13-7-26-5-3-4-6-30(26)36-34(39)43/h3-6,19-20,27-29,31,41H,7-18,21-22H2,1-2H3,(H,36,43)(H,44,45)/t28?,29-,31?/m1/s1. The molecule has 3 atom stereocenters. The van der Waals surface area contributed by atoms with E-state index in [-0.39, 0.29) is 30.3 Å². The van der Waals surface area contributed by atoms with Crippen molar-refractivity contribution >= 4 is 23.7 Å². The minimum atomic E-state index is -1.04. The summed E-state index contributed by atoms with van der Waals surface area (Å²) in [6, 6.07) is 11.0. The average molecular weight is 634 g/mol. The van der Waals surface area contributed by atoms with Crippen LogP contribution in [0, 0.1) is 19.8 Å². The zero-order valence-corrected chi connectivity index (χ0v) is 27.0. The molecule has 0 saturated carbocycles. The van der Waals surface area contributed by atoms with Crippen molar-refractivity contribution in [1.29, 1.82) is 0 Å². The number of rotatable bonds is 6. The van der Waals surface area contributed by atoms with E-state index < -0.39 is 18.1 Å². The molecule has 4 heterocycles. The van der Waals surface area contributed by atoms with Gasteiger partial charge in [0.1, 0.15) is 5.75 Å².